The lowest BCUT2D eigenvalue weighted by Crippen LogP contribution is -2.41. The summed E-state index contributed by atoms with van der Waals surface area (Å²) in [6.07, 6.45) is 0. The molecule has 0 aliphatic carbocycles. The Kier molecular flexibility index (Phi) is 7.23. The molecule has 1 aliphatic rings. The fraction of sp³-hybridized carbons (Fsp3) is 0.600. The summed E-state index contributed by atoms with van der Waals surface area (Å²) in [7, 11) is 0. The van der Waals surface area contributed by atoms with Gasteiger partial charge in [0.05, 0.1) is 19.8 Å². The molecule has 1 fully saturated rings. The molecule has 0 radical (unpaired) electrons. The number of ether oxygens (including phenoxy) is 1. The summed E-state index contributed by atoms with van der Waals surface area (Å²) < 4.78 is 5.35. The van der Waals surface area contributed by atoms with Crippen molar-refractivity contribution < 1.29 is 9.84 Å². The second kappa shape index (κ2) is 8.93. The molecule has 21 heavy (non-hydrogen) atoms. The summed E-state index contributed by atoms with van der Waals surface area (Å²) in [6.45, 7) is 6.97. The van der Waals surface area contributed by atoms with Crippen molar-refractivity contribution in [1.29, 1.82) is 0 Å². The van der Waals surface area contributed by atoms with E-state index in [4.69, 9.17) is 27.9 Å². The van der Waals surface area contributed by atoms with Gasteiger partial charge in [0.2, 0.25) is 0 Å². The van der Waals surface area contributed by atoms with Gasteiger partial charge >= 0.3 is 0 Å². The number of aliphatic hydroxyl groups excluding tert-OH is 1. The summed E-state index contributed by atoms with van der Waals surface area (Å²) in [4.78, 5) is 4.60. The van der Waals surface area contributed by atoms with Crippen molar-refractivity contribution in [3.63, 3.8) is 0 Å². The van der Waals surface area contributed by atoms with E-state index >= 15 is 0 Å². The third kappa shape index (κ3) is 5.74. The zero-order valence-corrected chi connectivity index (χ0v) is 13.6. The first-order chi connectivity index (χ1) is 10.2. The van der Waals surface area contributed by atoms with Gasteiger partial charge < -0.3 is 9.84 Å². The summed E-state index contributed by atoms with van der Waals surface area (Å²) in [5.74, 6) is 0. The largest absolute Gasteiger partial charge is 0.395 e. The van der Waals surface area contributed by atoms with Gasteiger partial charge in [0.1, 0.15) is 0 Å². The molecular formula is C15H22Cl2N2O2. The first kappa shape index (κ1) is 17.0. The van der Waals surface area contributed by atoms with Crippen molar-refractivity contribution in [2.24, 2.45) is 0 Å². The van der Waals surface area contributed by atoms with E-state index in [0.29, 0.717) is 16.6 Å². The van der Waals surface area contributed by atoms with Crippen LogP contribution in [0.1, 0.15) is 5.56 Å². The van der Waals surface area contributed by atoms with Crippen molar-refractivity contribution in [3.8, 4) is 0 Å². The molecule has 1 N–H and O–H groups in total. The van der Waals surface area contributed by atoms with Crippen LogP contribution in [-0.4, -0.2) is 67.5 Å². The maximum atomic E-state index is 9.24. The van der Waals surface area contributed by atoms with E-state index in [1.807, 2.05) is 12.1 Å². The van der Waals surface area contributed by atoms with Gasteiger partial charge in [-0.2, -0.15) is 0 Å². The molecule has 0 spiro atoms. The van der Waals surface area contributed by atoms with E-state index in [1.54, 1.807) is 6.07 Å². The van der Waals surface area contributed by atoms with Crippen molar-refractivity contribution in [1.82, 2.24) is 9.80 Å². The zero-order valence-electron chi connectivity index (χ0n) is 12.1. The molecule has 1 aliphatic heterocycles. The monoisotopic (exact) mass is 332 g/mol. The smallest absolute Gasteiger partial charge is 0.0594 e. The topological polar surface area (TPSA) is 35.9 Å². The van der Waals surface area contributed by atoms with E-state index in [1.165, 1.54) is 0 Å². The van der Waals surface area contributed by atoms with Gasteiger partial charge in [-0.1, -0.05) is 29.3 Å². The lowest BCUT2D eigenvalue weighted by molar-refractivity contribution is 0.0320. The van der Waals surface area contributed by atoms with Crippen LogP contribution in [0.3, 0.4) is 0 Å². The Hall–Kier alpha value is -0.360. The first-order valence-electron chi connectivity index (χ1n) is 7.26. The van der Waals surface area contributed by atoms with Crippen LogP contribution < -0.4 is 0 Å². The minimum atomic E-state index is 0.147. The van der Waals surface area contributed by atoms with E-state index in [9.17, 15) is 5.11 Å². The molecule has 4 nitrogen and oxygen atoms in total. The van der Waals surface area contributed by atoms with Crippen LogP contribution in [0.25, 0.3) is 0 Å². The van der Waals surface area contributed by atoms with Crippen molar-refractivity contribution in [2.75, 3.05) is 52.5 Å². The van der Waals surface area contributed by atoms with Gasteiger partial charge in [-0.25, -0.2) is 0 Å². The highest BCUT2D eigenvalue weighted by Crippen LogP contribution is 2.22. The van der Waals surface area contributed by atoms with E-state index < -0.39 is 0 Å². The number of nitrogens with zero attached hydrogens (tertiary/aromatic N) is 2. The zero-order chi connectivity index (χ0) is 15.1. The number of halogens is 2. The Labute approximate surface area is 136 Å². The first-order valence-corrected chi connectivity index (χ1v) is 8.02. The maximum absolute atomic E-state index is 9.24. The minimum absolute atomic E-state index is 0.147. The van der Waals surface area contributed by atoms with Crippen LogP contribution in [0, 0.1) is 0 Å². The SMILES string of the molecule is OCCN(CCN1CCOCC1)Cc1ccc(Cl)cc1Cl. The highest BCUT2D eigenvalue weighted by atomic mass is 35.5. The number of rotatable bonds is 7. The third-order valence-corrected chi connectivity index (χ3v) is 4.25. The number of morpholine rings is 1. The molecular weight excluding hydrogens is 311 g/mol. The molecule has 1 saturated heterocycles. The molecule has 1 aromatic carbocycles. The van der Waals surface area contributed by atoms with E-state index in [0.717, 1.165) is 51.5 Å². The van der Waals surface area contributed by atoms with Gasteiger partial charge in [0.25, 0.3) is 0 Å². The Balaban J connectivity index is 1.88. The second-order valence-corrected chi connectivity index (χ2v) is 6.03. The quantitative estimate of drug-likeness (QED) is 0.829. The summed E-state index contributed by atoms with van der Waals surface area (Å²) in [5.41, 5.74) is 1.04. The van der Waals surface area contributed by atoms with Gasteiger partial charge in [0, 0.05) is 49.3 Å². The van der Waals surface area contributed by atoms with Gasteiger partial charge in [0.15, 0.2) is 0 Å². The molecule has 6 heteroatoms. The molecule has 1 heterocycles. The maximum Gasteiger partial charge on any atom is 0.0594 e. The molecule has 0 unspecified atom stereocenters. The van der Waals surface area contributed by atoms with Gasteiger partial charge in [-0.15, -0.1) is 0 Å². The Morgan fingerprint density at radius 3 is 2.62 bits per heavy atom. The fourth-order valence-electron chi connectivity index (χ4n) is 2.41. The average molecular weight is 333 g/mol. The summed E-state index contributed by atoms with van der Waals surface area (Å²) in [6, 6.07) is 5.56. The number of benzene rings is 1. The molecule has 0 atom stereocenters. The number of hydrogen-bond donors (Lipinski definition) is 1. The van der Waals surface area contributed by atoms with E-state index in [2.05, 4.69) is 9.80 Å². The predicted octanol–water partition coefficient (Wildman–Crippen LogP) is 2.12. The Bertz CT molecular complexity index is 440. The highest BCUT2D eigenvalue weighted by Gasteiger charge is 2.13. The fourth-order valence-corrected chi connectivity index (χ4v) is 2.88. The summed E-state index contributed by atoms with van der Waals surface area (Å²) >= 11 is 12.1. The lowest BCUT2D eigenvalue weighted by atomic mass is 10.2. The third-order valence-electron chi connectivity index (χ3n) is 3.66. The van der Waals surface area contributed by atoms with Crippen LogP contribution in [0.15, 0.2) is 18.2 Å². The molecule has 0 amide bonds. The van der Waals surface area contributed by atoms with Crippen LogP contribution in [0.2, 0.25) is 10.0 Å². The molecule has 0 bridgehead atoms. The van der Waals surface area contributed by atoms with Crippen LogP contribution in [-0.2, 0) is 11.3 Å². The highest BCUT2D eigenvalue weighted by molar-refractivity contribution is 6.35. The molecule has 118 valence electrons. The average Bonchev–Trinajstić information content (AvgIpc) is 2.49. The number of hydrogen-bond acceptors (Lipinski definition) is 4. The number of aliphatic hydroxyl groups is 1. The minimum Gasteiger partial charge on any atom is -0.395 e. The molecule has 2 rings (SSSR count). The molecule has 1 aromatic rings. The lowest BCUT2D eigenvalue weighted by Gasteiger charge is -2.30. The van der Waals surface area contributed by atoms with Crippen LogP contribution in [0.5, 0.6) is 0 Å². The van der Waals surface area contributed by atoms with Crippen molar-refractivity contribution in [3.05, 3.63) is 33.8 Å². The van der Waals surface area contributed by atoms with E-state index in [-0.39, 0.29) is 6.61 Å². The summed E-state index contributed by atoms with van der Waals surface area (Å²) in [5, 5.41) is 10.6. The Morgan fingerprint density at radius 1 is 1.19 bits per heavy atom. The van der Waals surface area contributed by atoms with Gasteiger partial charge in [-0.3, -0.25) is 9.80 Å². The van der Waals surface area contributed by atoms with Crippen molar-refractivity contribution in [2.45, 2.75) is 6.54 Å². The van der Waals surface area contributed by atoms with Gasteiger partial charge in [-0.05, 0) is 17.7 Å². The predicted molar refractivity (Wildman–Crippen MR) is 86.1 cm³/mol. The van der Waals surface area contributed by atoms with Crippen molar-refractivity contribution >= 4 is 23.2 Å². The molecule has 0 saturated carbocycles. The Morgan fingerprint density at radius 2 is 1.95 bits per heavy atom. The second-order valence-electron chi connectivity index (χ2n) is 5.19. The van der Waals surface area contributed by atoms with Crippen LogP contribution >= 0.6 is 23.2 Å². The standard InChI is InChI=1S/C15H22Cl2N2O2/c16-14-2-1-13(15(17)11-14)12-19(5-8-20)4-3-18-6-9-21-10-7-18/h1-2,11,20H,3-10,12H2. The normalized spacial score (nSPS) is 16.6. The van der Waals surface area contributed by atoms with Crippen LogP contribution in [0.4, 0.5) is 0 Å². The molecule has 0 aromatic heterocycles.